The first-order chi connectivity index (χ1) is 12.4. The molecule has 0 unspecified atom stereocenters. The third kappa shape index (κ3) is 4.84. The van der Waals surface area contributed by atoms with Crippen molar-refractivity contribution in [2.75, 3.05) is 18.9 Å². The minimum absolute atomic E-state index is 0.0479. The van der Waals surface area contributed by atoms with Crippen LogP contribution in [-0.4, -0.2) is 38.7 Å². The maximum atomic E-state index is 12.6. The van der Waals surface area contributed by atoms with Crippen LogP contribution in [0.25, 0.3) is 0 Å². The van der Waals surface area contributed by atoms with Gasteiger partial charge in [0, 0.05) is 32.1 Å². The zero-order valence-corrected chi connectivity index (χ0v) is 16.1. The number of likely N-dealkylation sites (tertiary alicyclic amines) is 1. The Hall–Kier alpha value is -1.89. The summed E-state index contributed by atoms with van der Waals surface area (Å²) in [5, 5.41) is 2.84. The number of rotatable bonds is 5. The molecule has 1 aromatic carbocycles. The summed E-state index contributed by atoms with van der Waals surface area (Å²) in [5.41, 5.74) is 0.506. The number of anilines is 1. The Morgan fingerprint density at radius 3 is 2.69 bits per heavy atom. The molecule has 1 heterocycles. The Bertz CT molecular complexity index is 783. The second-order valence-electron chi connectivity index (χ2n) is 7.29. The summed E-state index contributed by atoms with van der Waals surface area (Å²) >= 11 is 0. The van der Waals surface area contributed by atoms with Crippen molar-refractivity contribution in [1.82, 2.24) is 4.90 Å². The van der Waals surface area contributed by atoms with Crippen LogP contribution in [0.4, 0.5) is 5.69 Å². The summed E-state index contributed by atoms with van der Waals surface area (Å²) in [6.45, 7) is 0.825. The van der Waals surface area contributed by atoms with Gasteiger partial charge in [-0.1, -0.05) is 25.3 Å². The number of amides is 1. The molecule has 1 aliphatic carbocycles. The molecule has 2 aliphatic rings. The van der Waals surface area contributed by atoms with E-state index in [2.05, 4.69) is 9.71 Å². The summed E-state index contributed by atoms with van der Waals surface area (Å²) in [4.78, 5) is 14.2. The zero-order valence-electron chi connectivity index (χ0n) is 15.3. The number of nitrogens with zero attached hydrogens (tertiary/aromatic N) is 2. The molecule has 1 saturated heterocycles. The highest BCUT2D eigenvalue weighted by Crippen LogP contribution is 2.27. The first-order valence-electron chi connectivity index (χ1n) is 9.39. The van der Waals surface area contributed by atoms with Crippen molar-refractivity contribution in [2.24, 2.45) is 10.3 Å². The van der Waals surface area contributed by atoms with Crippen molar-refractivity contribution < 1.29 is 13.2 Å². The van der Waals surface area contributed by atoms with Crippen LogP contribution < -0.4 is 5.32 Å². The molecule has 0 spiro atoms. The Morgan fingerprint density at radius 1 is 1.23 bits per heavy atom. The smallest absolute Gasteiger partial charge is 0.284 e. The fourth-order valence-corrected chi connectivity index (χ4v) is 4.84. The van der Waals surface area contributed by atoms with Crippen molar-refractivity contribution in [3.8, 4) is 0 Å². The Balaban J connectivity index is 1.68. The summed E-state index contributed by atoms with van der Waals surface area (Å²) < 4.78 is 29.1. The lowest BCUT2D eigenvalue weighted by molar-refractivity contribution is -0.117. The second-order valence-corrected chi connectivity index (χ2v) is 8.90. The van der Waals surface area contributed by atoms with Crippen molar-refractivity contribution >= 4 is 27.5 Å². The highest BCUT2D eigenvalue weighted by molar-refractivity contribution is 7.90. The van der Waals surface area contributed by atoms with E-state index in [4.69, 9.17) is 0 Å². The Labute approximate surface area is 155 Å². The molecule has 1 aromatic rings. The number of carbonyl (C=O) groups excluding carboxylic acids is 1. The first kappa shape index (κ1) is 18.9. The van der Waals surface area contributed by atoms with Gasteiger partial charge in [0.2, 0.25) is 5.91 Å². The highest BCUT2D eigenvalue weighted by atomic mass is 32.2. The van der Waals surface area contributed by atoms with E-state index in [0.717, 1.165) is 25.8 Å². The van der Waals surface area contributed by atoms with Crippen molar-refractivity contribution in [3.63, 3.8) is 0 Å². The predicted octanol–water partition coefficient (Wildman–Crippen LogP) is 3.41. The van der Waals surface area contributed by atoms with Gasteiger partial charge in [-0.2, -0.15) is 8.42 Å². The number of sulfonamides is 1. The number of amidine groups is 1. The van der Waals surface area contributed by atoms with Crippen LogP contribution in [0.1, 0.15) is 51.4 Å². The van der Waals surface area contributed by atoms with Crippen molar-refractivity contribution in [3.05, 3.63) is 24.3 Å². The van der Waals surface area contributed by atoms with Gasteiger partial charge in [0.1, 0.15) is 5.84 Å². The normalized spacial score (nSPS) is 20.5. The maximum Gasteiger partial charge on any atom is 0.284 e. The van der Waals surface area contributed by atoms with E-state index >= 15 is 0 Å². The van der Waals surface area contributed by atoms with Gasteiger partial charge in [-0.15, -0.1) is 4.40 Å². The molecule has 26 heavy (non-hydrogen) atoms. The standard InChI is InChI=1S/C19H27N3O3S/c1-22-12-6-11-18(22)21-26(24,25)17-10-5-9-16(14-17)20-19(23)13-15-7-3-2-4-8-15/h5,9-10,14-15H,2-4,6-8,11-13H2,1H3,(H,20,23)/b21-18-. The molecule has 1 amide bonds. The molecule has 142 valence electrons. The molecule has 2 fully saturated rings. The average Bonchev–Trinajstić information content (AvgIpc) is 3.00. The van der Waals surface area contributed by atoms with Gasteiger partial charge in [-0.05, 0) is 43.4 Å². The lowest BCUT2D eigenvalue weighted by atomic mass is 9.87. The van der Waals surface area contributed by atoms with Gasteiger partial charge in [0.05, 0.1) is 4.90 Å². The fraction of sp³-hybridized carbons (Fsp3) is 0.579. The minimum atomic E-state index is -3.77. The monoisotopic (exact) mass is 377 g/mol. The Kier molecular flexibility index (Phi) is 5.96. The van der Waals surface area contributed by atoms with Crippen LogP contribution in [0.2, 0.25) is 0 Å². The molecule has 0 bridgehead atoms. The van der Waals surface area contributed by atoms with Crippen LogP contribution >= 0.6 is 0 Å². The molecular formula is C19H27N3O3S. The highest BCUT2D eigenvalue weighted by Gasteiger charge is 2.21. The van der Waals surface area contributed by atoms with E-state index in [0.29, 0.717) is 30.3 Å². The van der Waals surface area contributed by atoms with Gasteiger partial charge in [0.15, 0.2) is 0 Å². The third-order valence-corrected chi connectivity index (χ3v) is 6.48. The molecule has 3 rings (SSSR count). The quantitative estimate of drug-likeness (QED) is 0.853. The SMILES string of the molecule is CN1CCC/C1=N/S(=O)(=O)c1cccc(NC(=O)CC2CCCCC2)c1. The Morgan fingerprint density at radius 2 is 2.00 bits per heavy atom. The van der Waals surface area contributed by atoms with Gasteiger partial charge < -0.3 is 10.2 Å². The zero-order chi connectivity index (χ0) is 18.6. The molecule has 0 aromatic heterocycles. The lowest BCUT2D eigenvalue weighted by Crippen LogP contribution is -2.20. The van der Waals surface area contributed by atoms with Crippen LogP contribution in [-0.2, 0) is 14.8 Å². The van der Waals surface area contributed by atoms with Crippen LogP contribution in [0.15, 0.2) is 33.6 Å². The predicted molar refractivity (Wildman–Crippen MR) is 103 cm³/mol. The molecule has 1 aliphatic heterocycles. The van der Waals surface area contributed by atoms with Gasteiger partial charge in [0.25, 0.3) is 10.0 Å². The molecule has 1 saturated carbocycles. The summed E-state index contributed by atoms with van der Waals surface area (Å²) in [6, 6.07) is 6.37. The van der Waals surface area contributed by atoms with Gasteiger partial charge in [-0.3, -0.25) is 4.79 Å². The van der Waals surface area contributed by atoms with Crippen molar-refractivity contribution in [2.45, 2.75) is 56.3 Å². The molecule has 0 radical (unpaired) electrons. The van der Waals surface area contributed by atoms with Gasteiger partial charge in [-0.25, -0.2) is 0 Å². The summed E-state index contributed by atoms with van der Waals surface area (Å²) in [6.07, 6.45) is 7.95. The molecule has 1 N–H and O–H groups in total. The fourth-order valence-electron chi connectivity index (χ4n) is 3.70. The number of hydrogen-bond acceptors (Lipinski definition) is 3. The van der Waals surface area contributed by atoms with Crippen LogP contribution in [0, 0.1) is 5.92 Å². The van der Waals surface area contributed by atoms with Crippen molar-refractivity contribution in [1.29, 1.82) is 0 Å². The second kappa shape index (κ2) is 8.20. The van der Waals surface area contributed by atoms with E-state index in [1.807, 2.05) is 11.9 Å². The first-order valence-corrected chi connectivity index (χ1v) is 10.8. The minimum Gasteiger partial charge on any atom is -0.362 e. The number of benzene rings is 1. The van der Waals surface area contributed by atoms with Crippen LogP contribution in [0.3, 0.4) is 0 Å². The summed E-state index contributed by atoms with van der Waals surface area (Å²) in [7, 11) is -1.92. The van der Waals surface area contributed by atoms with E-state index in [1.165, 1.54) is 31.4 Å². The molecule has 7 heteroatoms. The van der Waals surface area contributed by atoms with E-state index in [9.17, 15) is 13.2 Å². The van der Waals surface area contributed by atoms with Crippen LogP contribution in [0.5, 0.6) is 0 Å². The molecule has 0 atom stereocenters. The lowest BCUT2D eigenvalue weighted by Gasteiger charge is -2.20. The maximum absolute atomic E-state index is 12.6. The van der Waals surface area contributed by atoms with E-state index < -0.39 is 10.0 Å². The number of nitrogens with one attached hydrogen (secondary N) is 1. The molecule has 6 nitrogen and oxygen atoms in total. The average molecular weight is 378 g/mol. The third-order valence-electron chi connectivity index (χ3n) is 5.17. The molecular weight excluding hydrogens is 350 g/mol. The topological polar surface area (TPSA) is 78.8 Å². The number of hydrogen-bond donors (Lipinski definition) is 1. The summed E-state index contributed by atoms with van der Waals surface area (Å²) in [5.74, 6) is 0.991. The van der Waals surface area contributed by atoms with Gasteiger partial charge >= 0.3 is 0 Å². The van der Waals surface area contributed by atoms with E-state index in [1.54, 1.807) is 12.1 Å². The largest absolute Gasteiger partial charge is 0.362 e. The van der Waals surface area contributed by atoms with E-state index in [-0.39, 0.29) is 10.8 Å². The number of carbonyl (C=O) groups is 1.